The van der Waals surface area contributed by atoms with Crippen LogP contribution in [0.15, 0.2) is 0 Å². The quantitative estimate of drug-likeness (QED) is 0.0691. The van der Waals surface area contributed by atoms with E-state index in [0.717, 1.165) is 19.4 Å². The molecule has 1 rings (SSSR count). The SMILES string of the molecule is C[Si](C)(C)OCCOCCOCCOCCOCCOCCOCCOCCOCCOCCOCCOCCOC1CCCCO1. The molecule has 0 saturated carbocycles. The van der Waals surface area contributed by atoms with E-state index in [9.17, 15) is 0 Å². The predicted octanol–water partition coefficient (Wildman–Crippen LogP) is 2.56. The lowest BCUT2D eigenvalue weighted by molar-refractivity contribution is -0.169. The molecule has 14 nitrogen and oxygen atoms in total. The maximum Gasteiger partial charge on any atom is 0.183 e. The third kappa shape index (κ3) is 36.8. The lowest BCUT2D eigenvalue weighted by atomic mass is 10.2. The fourth-order valence-corrected chi connectivity index (χ4v) is 4.48. The first-order valence-electron chi connectivity index (χ1n) is 17.3. The summed E-state index contributed by atoms with van der Waals surface area (Å²) in [5.41, 5.74) is 0. The molecule has 0 spiro atoms. The highest BCUT2D eigenvalue weighted by Gasteiger charge is 2.14. The Morgan fingerprint density at radius 1 is 0.383 bits per heavy atom. The zero-order valence-corrected chi connectivity index (χ0v) is 30.6. The monoisotopic (exact) mass is 702 g/mol. The van der Waals surface area contributed by atoms with Crippen LogP contribution in [0.1, 0.15) is 19.3 Å². The van der Waals surface area contributed by atoms with Crippen LogP contribution in [0, 0.1) is 0 Å². The molecule has 0 bridgehead atoms. The van der Waals surface area contributed by atoms with Crippen molar-refractivity contribution in [2.24, 2.45) is 0 Å². The Labute approximate surface area is 284 Å². The summed E-state index contributed by atoms with van der Waals surface area (Å²) in [6.07, 6.45) is 3.19. The van der Waals surface area contributed by atoms with Crippen LogP contribution in [0.4, 0.5) is 0 Å². The van der Waals surface area contributed by atoms with Gasteiger partial charge in [-0.25, -0.2) is 0 Å². The topological polar surface area (TPSA) is 129 Å². The Hall–Kier alpha value is -0.343. The van der Waals surface area contributed by atoms with E-state index in [4.69, 9.17) is 66.0 Å². The number of hydrogen-bond donors (Lipinski definition) is 0. The summed E-state index contributed by atoms with van der Waals surface area (Å²) in [4.78, 5) is 0. The highest BCUT2D eigenvalue weighted by Crippen LogP contribution is 2.13. The molecule has 0 N–H and O–H groups in total. The summed E-state index contributed by atoms with van der Waals surface area (Å²) in [5, 5.41) is 0. The van der Waals surface area contributed by atoms with Crippen molar-refractivity contribution in [1.82, 2.24) is 0 Å². The average Bonchev–Trinajstić information content (AvgIpc) is 3.06. The largest absolute Gasteiger partial charge is 0.415 e. The maximum absolute atomic E-state index is 5.72. The van der Waals surface area contributed by atoms with Gasteiger partial charge in [-0.15, -0.1) is 0 Å². The van der Waals surface area contributed by atoms with Crippen LogP contribution >= 0.6 is 0 Å². The van der Waals surface area contributed by atoms with E-state index in [1.807, 2.05) is 0 Å². The van der Waals surface area contributed by atoms with Gasteiger partial charge in [0.1, 0.15) is 0 Å². The number of rotatable bonds is 38. The summed E-state index contributed by atoms with van der Waals surface area (Å²) in [5.74, 6) is 0. The van der Waals surface area contributed by atoms with E-state index in [1.54, 1.807) is 0 Å². The first-order valence-corrected chi connectivity index (χ1v) is 20.7. The van der Waals surface area contributed by atoms with Crippen molar-refractivity contribution in [2.45, 2.75) is 45.2 Å². The maximum atomic E-state index is 5.72. The van der Waals surface area contributed by atoms with Crippen molar-refractivity contribution >= 4 is 8.32 Å². The second-order valence-corrected chi connectivity index (χ2v) is 15.9. The molecule has 0 aromatic carbocycles. The van der Waals surface area contributed by atoms with Gasteiger partial charge in [0.25, 0.3) is 0 Å². The normalized spacial score (nSPS) is 15.5. The van der Waals surface area contributed by atoms with Crippen molar-refractivity contribution in [3.8, 4) is 0 Å². The smallest absolute Gasteiger partial charge is 0.183 e. The van der Waals surface area contributed by atoms with Crippen LogP contribution in [0.2, 0.25) is 19.6 Å². The second kappa shape index (κ2) is 35.5. The van der Waals surface area contributed by atoms with E-state index in [1.165, 1.54) is 6.42 Å². The lowest BCUT2D eigenvalue weighted by Crippen LogP contribution is -2.27. The first-order chi connectivity index (χ1) is 23.1. The second-order valence-electron chi connectivity index (χ2n) is 11.4. The number of hydrogen-bond acceptors (Lipinski definition) is 14. The fraction of sp³-hybridized carbons (Fsp3) is 1.00. The van der Waals surface area contributed by atoms with Crippen molar-refractivity contribution < 1.29 is 66.0 Å². The summed E-state index contributed by atoms with van der Waals surface area (Å²) in [6, 6.07) is 0. The van der Waals surface area contributed by atoms with Crippen LogP contribution in [-0.2, 0) is 66.0 Å². The van der Waals surface area contributed by atoms with Gasteiger partial charge in [0.05, 0.1) is 159 Å². The molecule has 282 valence electrons. The van der Waals surface area contributed by atoms with Gasteiger partial charge >= 0.3 is 0 Å². The van der Waals surface area contributed by atoms with Crippen molar-refractivity contribution in [1.29, 1.82) is 0 Å². The van der Waals surface area contributed by atoms with Crippen LogP contribution in [-0.4, -0.2) is 180 Å². The molecule has 1 heterocycles. The summed E-state index contributed by atoms with van der Waals surface area (Å²) >= 11 is 0. The molecular weight excluding hydrogens is 636 g/mol. The molecule has 1 saturated heterocycles. The molecular formula is C32H66O14Si. The molecule has 0 amide bonds. The highest BCUT2D eigenvalue weighted by molar-refractivity contribution is 6.69. The summed E-state index contributed by atoms with van der Waals surface area (Å²) < 4.78 is 77.2. The van der Waals surface area contributed by atoms with Gasteiger partial charge < -0.3 is 66.0 Å². The Balaban J connectivity index is 1.60. The zero-order chi connectivity index (χ0) is 33.8. The van der Waals surface area contributed by atoms with Crippen LogP contribution in [0.5, 0.6) is 0 Å². The molecule has 0 radical (unpaired) electrons. The van der Waals surface area contributed by atoms with E-state index in [2.05, 4.69) is 19.6 Å². The van der Waals surface area contributed by atoms with Crippen LogP contribution in [0.25, 0.3) is 0 Å². The number of ether oxygens (including phenoxy) is 13. The minimum Gasteiger partial charge on any atom is -0.415 e. The molecule has 1 fully saturated rings. The van der Waals surface area contributed by atoms with E-state index in [-0.39, 0.29) is 6.29 Å². The molecule has 1 atom stereocenters. The minimum absolute atomic E-state index is 0.0654. The van der Waals surface area contributed by atoms with Crippen molar-refractivity contribution in [3.05, 3.63) is 0 Å². The fourth-order valence-electron chi connectivity index (χ4n) is 3.79. The zero-order valence-electron chi connectivity index (χ0n) is 29.6. The molecule has 0 aromatic rings. The Bertz CT molecular complexity index is 611. The van der Waals surface area contributed by atoms with Crippen LogP contribution < -0.4 is 0 Å². The first kappa shape index (κ1) is 44.7. The molecule has 1 aliphatic rings. The molecule has 1 aliphatic heterocycles. The van der Waals surface area contributed by atoms with E-state index >= 15 is 0 Å². The average molecular weight is 703 g/mol. The van der Waals surface area contributed by atoms with Gasteiger partial charge in [-0.2, -0.15) is 0 Å². The van der Waals surface area contributed by atoms with Gasteiger partial charge in [-0.05, 0) is 38.9 Å². The van der Waals surface area contributed by atoms with Gasteiger partial charge in [0, 0.05) is 6.61 Å². The van der Waals surface area contributed by atoms with Crippen molar-refractivity contribution in [2.75, 3.05) is 165 Å². The van der Waals surface area contributed by atoms with Gasteiger partial charge in [-0.3, -0.25) is 0 Å². The van der Waals surface area contributed by atoms with E-state index in [0.29, 0.717) is 159 Å². The third-order valence-electron chi connectivity index (χ3n) is 6.15. The third-order valence-corrected chi connectivity index (χ3v) is 7.22. The minimum atomic E-state index is -1.45. The molecule has 1 unspecified atom stereocenters. The molecule has 15 heteroatoms. The molecule has 0 aromatic heterocycles. The molecule has 47 heavy (non-hydrogen) atoms. The highest BCUT2D eigenvalue weighted by atomic mass is 28.4. The van der Waals surface area contributed by atoms with Gasteiger partial charge in [-0.1, -0.05) is 0 Å². The molecule has 0 aliphatic carbocycles. The van der Waals surface area contributed by atoms with Gasteiger partial charge in [0.15, 0.2) is 14.6 Å². The van der Waals surface area contributed by atoms with Crippen molar-refractivity contribution in [3.63, 3.8) is 0 Å². The van der Waals surface area contributed by atoms with E-state index < -0.39 is 8.32 Å². The summed E-state index contributed by atoms with van der Waals surface area (Å²) in [7, 11) is -1.45. The van der Waals surface area contributed by atoms with Crippen LogP contribution in [0.3, 0.4) is 0 Å². The van der Waals surface area contributed by atoms with Gasteiger partial charge in [0.2, 0.25) is 0 Å². The standard InChI is InChI=1S/C32H66O14Si/c1-47(2,3)46-31-29-43-27-25-41-23-21-39-19-17-37-15-13-35-11-9-33-8-10-34-12-14-36-16-18-38-20-22-40-24-26-42-28-30-45-32-6-4-5-7-44-32/h32H,4-31H2,1-3H3. The Kier molecular flexibility index (Phi) is 33.7. The summed E-state index contributed by atoms with van der Waals surface area (Å²) in [6.45, 7) is 20.1. The Morgan fingerprint density at radius 3 is 0.915 bits per heavy atom. The Morgan fingerprint density at radius 2 is 0.660 bits per heavy atom. The lowest BCUT2D eigenvalue weighted by Gasteiger charge is -2.22. The predicted molar refractivity (Wildman–Crippen MR) is 178 cm³/mol.